The lowest BCUT2D eigenvalue weighted by molar-refractivity contribution is 0.0532. The number of imidazole rings is 1. The van der Waals surface area contributed by atoms with Crippen LogP contribution < -0.4 is 5.56 Å². The Bertz CT molecular complexity index is 1670. The van der Waals surface area contributed by atoms with Crippen molar-refractivity contribution in [1.29, 1.82) is 0 Å². The molecule has 12 heteroatoms. The van der Waals surface area contributed by atoms with Crippen molar-refractivity contribution in [2.45, 2.75) is 25.8 Å². The zero-order valence-corrected chi connectivity index (χ0v) is 21.2. The molecular weight excluding hydrogens is 514 g/mol. The largest absolute Gasteiger partial charge is 0.462 e. The summed E-state index contributed by atoms with van der Waals surface area (Å²) in [4.78, 5) is 34.7. The molecule has 4 aromatic heterocycles. The smallest absolute Gasteiger partial charge is 0.348 e. The SMILES string of the molecule is CCOC(=O)c1ccc(-c2cnc([C@@H]3CCc4cc(-c5cc(Cl)ccc5-n5cnnn5)cc(=O)n43)[nH]2)s1. The molecule has 0 saturated carbocycles. The molecule has 10 nitrogen and oxygen atoms in total. The number of ether oxygens (including phenoxy) is 1. The van der Waals surface area contributed by atoms with Gasteiger partial charge in [-0.3, -0.25) is 4.79 Å². The summed E-state index contributed by atoms with van der Waals surface area (Å²) >= 11 is 7.63. The maximum atomic E-state index is 13.4. The minimum absolute atomic E-state index is 0.128. The predicted octanol–water partition coefficient (Wildman–Crippen LogP) is 4.31. The van der Waals surface area contributed by atoms with Crippen LogP contribution in [0.1, 0.15) is 40.6 Å². The van der Waals surface area contributed by atoms with E-state index in [0.29, 0.717) is 22.3 Å². The highest BCUT2D eigenvalue weighted by molar-refractivity contribution is 7.17. The van der Waals surface area contributed by atoms with Crippen LogP contribution in [0.15, 0.2) is 59.8 Å². The molecule has 0 bridgehead atoms. The van der Waals surface area contributed by atoms with Crippen molar-refractivity contribution in [3.63, 3.8) is 0 Å². The maximum Gasteiger partial charge on any atom is 0.348 e. The van der Waals surface area contributed by atoms with Crippen molar-refractivity contribution in [2.24, 2.45) is 0 Å². The number of tetrazole rings is 1. The molecule has 0 unspecified atom stereocenters. The number of aryl methyl sites for hydroxylation is 1. The fraction of sp³-hybridized carbons (Fsp3) is 0.200. The molecule has 5 aromatic rings. The number of pyridine rings is 1. The maximum absolute atomic E-state index is 13.4. The van der Waals surface area contributed by atoms with E-state index in [1.54, 1.807) is 46.6 Å². The van der Waals surface area contributed by atoms with Gasteiger partial charge < -0.3 is 14.3 Å². The number of fused-ring (bicyclic) bond motifs is 1. The van der Waals surface area contributed by atoms with Crippen LogP contribution in [0.2, 0.25) is 5.02 Å². The summed E-state index contributed by atoms with van der Waals surface area (Å²) < 4.78 is 8.41. The summed E-state index contributed by atoms with van der Waals surface area (Å²) in [6.45, 7) is 2.11. The number of benzene rings is 1. The molecule has 1 aromatic carbocycles. The highest BCUT2D eigenvalue weighted by Crippen LogP contribution is 2.35. The molecule has 0 aliphatic carbocycles. The number of carbonyl (C=O) groups excluding carboxylic acids is 1. The van der Waals surface area contributed by atoms with Gasteiger partial charge >= 0.3 is 5.97 Å². The van der Waals surface area contributed by atoms with Crippen molar-refractivity contribution in [2.75, 3.05) is 6.61 Å². The predicted molar refractivity (Wildman–Crippen MR) is 138 cm³/mol. The van der Waals surface area contributed by atoms with Gasteiger partial charge in [-0.1, -0.05) is 11.6 Å². The Morgan fingerprint density at radius 1 is 1.24 bits per heavy atom. The average molecular weight is 534 g/mol. The molecule has 6 rings (SSSR count). The van der Waals surface area contributed by atoms with Gasteiger partial charge in [-0.05, 0) is 72.2 Å². The number of aromatic nitrogens is 7. The summed E-state index contributed by atoms with van der Waals surface area (Å²) in [5.41, 5.74) is 3.81. The Morgan fingerprint density at radius 3 is 2.95 bits per heavy atom. The third-order valence-electron chi connectivity index (χ3n) is 6.26. The molecule has 1 aliphatic heterocycles. The zero-order valence-electron chi connectivity index (χ0n) is 19.6. The molecule has 0 spiro atoms. The molecule has 37 heavy (non-hydrogen) atoms. The van der Waals surface area contributed by atoms with Crippen LogP contribution in [0, 0.1) is 0 Å². The summed E-state index contributed by atoms with van der Waals surface area (Å²) in [7, 11) is 0. The number of hydrogen-bond acceptors (Lipinski definition) is 8. The third-order valence-corrected chi connectivity index (χ3v) is 7.59. The van der Waals surface area contributed by atoms with Crippen molar-refractivity contribution in [3.05, 3.63) is 86.8 Å². The number of carbonyl (C=O) groups is 1. The quantitative estimate of drug-likeness (QED) is 0.323. The molecule has 5 heterocycles. The van der Waals surface area contributed by atoms with Crippen LogP contribution in [0.25, 0.3) is 27.4 Å². The van der Waals surface area contributed by atoms with E-state index in [0.717, 1.165) is 45.9 Å². The average Bonchev–Trinajstić information content (AvgIpc) is 3.69. The van der Waals surface area contributed by atoms with Crippen LogP contribution in [-0.2, 0) is 11.2 Å². The van der Waals surface area contributed by atoms with Gasteiger partial charge in [0.2, 0.25) is 0 Å². The van der Waals surface area contributed by atoms with Crippen molar-refractivity contribution in [1.82, 2.24) is 34.7 Å². The number of H-pyrrole nitrogens is 1. The first-order valence-corrected chi connectivity index (χ1v) is 12.8. The van der Waals surface area contributed by atoms with E-state index in [4.69, 9.17) is 16.3 Å². The molecule has 1 atom stereocenters. The van der Waals surface area contributed by atoms with E-state index < -0.39 is 0 Å². The van der Waals surface area contributed by atoms with Gasteiger partial charge in [0.25, 0.3) is 5.56 Å². The summed E-state index contributed by atoms with van der Waals surface area (Å²) in [6.07, 6.45) is 4.69. The van der Waals surface area contributed by atoms with Crippen LogP contribution >= 0.6 is 22.9 Å². The van der Waals surface area contributed by atoms with Gasteiger partial charge in [-0.25, -0.2) is 9.78 Å². The molecule has 0 amide bonds. The molecular formula is C25H20ClN7O3S. The van der Waals surface area contributed by atoms with Crippen molar-refractivity contribution >= 4 is 28.9 Å². The second-order valence-corrected chi connectivity index (χ2v) is 10.0. The van der Waals surface area contributed by atoms with Gasteiger partial charge in [0.15, 0.2) is 0 Å². The number of rotatable bonds is 6. The lowest BCUT2D eigenvalue weighted by Gasteiger charge is -2.15. The minimum atomic E-state index is -0.339. The molecule has 186 valence electrons. The van der Waals surface area contributed by atoms with Gasteiger partial charge in [-0.15, -0.1) is 16.4 Å². The van der Waals surface area contributed by atoms with Crippen LogP contribution in [-0.4, -0.2) is 47.3 Å². The monoisotopic (exact) mass is 533 g/mol. The molecule has 0 radical (unpaired) electrons. The Morgan fingerprint density at radius 2 is 2.14 bits per heavy atom. The Kier molecular flexibility index (Phi) is 5.93. The van der Waals surface area contributed by atoms with E-state index in [9.17, 15) is 9.59 Å². The summed E-state index contributed by atoms with van der Waals surface area (Å²) in [6, 6.07) is 12.4. The zero-order chi connectivity index (χ0) is 25.5. The summed E-state index contributed by atoms with van der Waals surface area (Å²) in [5.74, 6) is 0.361. The molecule has 0 saturated heterocycles. The van der Waals surface area contributed by atoms with Crippen LogP contribution in [0.5, 0.6) is 0 Å². The number of halogens is 1. The fourth-order valence-electron chi connectivity index (χ4n) is 4.65. The molecule has 1 aliphatic rings. The number of thiophene rings is 1. The van der Waals surface area contributed by atoms with Gasteiger partial charge in [0.05, 0.1) is 35.1 Å². The van der Waals surface area contributed by atoms with Gasteiger partial charge in [-0.2, -0.15) is 4.68 Å². The van der Waals surface area contributed by atoms with Crippen LogP contribution in [0.3, 0.4) is 0 Å². The van der Waals surface area contributed by atoms with Gasteiger partial charge in [0, 0.05) is 22.3 Å². The number of nitrogens with one attached hydrogen (secondary N) is 1. The minimum Gasteiger partial charge on any atom is -0.462 e. The standard InChI is InChI=1S/C25H20ClN7O3S/c1-2-36-25(35)22-8-7-21(37-22)18-12-27-24(29-18)20-6-4-16-9-14(10-23(34)33(16)20)17-11-15(26)3-5-19(17)32-13-28-30-31-32/h3,5,7-13,20H,2,4,6H2,1H3,(H,27,29)/t20-/m0/s1. The third kappa shape index (κ3) is 4.25. The van der Waals surface area contributed by atoms with E-state index in [2.05, 4.69) is 25.5 Å². The number of esters is 1. The second-order valence-electron chi connectivity index (χ2n) is 8.48. The Hall–Kier alpha value is -4.09. The lowest BCUT2D eigenvalue weighted by atomic mass is 10.0. The first-order chi connectivity index (χ1) is 18.0. The number of aromatic amines is 1. The fourth-order valence-corrected chi connectivity index (χ4v) is 5.68. The topological polar surface area (TPSA) is 121 Å². The Balaban J connectivity index is 1.33. The van der Waals surface area contributed by atoms with E-state index >= 15 is 0 Å². The number of nitrogens with zero attached hydrogens (tertiary/aromatic N) is 6. The van der Waals surface area contributed by atoms with Gasteiger partial charge in [0.1, 0.15) is 17.0 Å². The Labute approximate surface area is 219 Å². The highest BCUT2D eigenvalue weighted by Gasteiger charge is 2.28. The molecule has 1 N–H and O–H groups in total. The lowest BCUT2D eigenvalue weighted by Crippen LogP contribution is -2.23. The van der Waals surface area contributed by atoms with Crippen molar-refractivity contribution < 1.29 is 9.53 Å². The first-order valence-electron chi connectivity index (χ1n) is 11.6. The van der Waals surface area contributed by atoms with E-state index in [1.165, 1.54) is 17.7 Å². The molecule has 0 fully saturated rings. The second kappa shape index (κ2) is 9.41. The summed E-state index contributed by atoms with van der Waals surface area (Å²) in [5, 5.41) is 12.0. The number of hydrogen-bond donors (Lipinski definition) is 1. The van der Waals surface area contributed by atoms with E-state index in [-0.39, 0.29) is 17.6 Å². The first kappa shape index (κ1) is 23.3. The van der Waals surface area contributed by atoms with Crippen LogP contribution in [0.4, 0.5) is 0 Å². The van der Waals surface area contributed by atoms with E-state index in [1.807, 2.05) is 18.2 Å². The van der Waals surface area contributed by atoms with Crippen molar-refractivity contribution in [3.8, 4) is 27.4 Å². The normalized spacial score (nSPS) is 14.6. The highest BCUT2D eigenvalue weighted by atomic mass is 35.5.